The molecule has 0 radical (unpaired) electrons. The van der Waals surface area contributed by atoms with Gasteiger partial charge in [0.05, 0.1) is 0 Å². The Morgan fingerprint density at radius 1 is 1.04 bits per heavy atom. The van der Waals surface area contributed by atoms with E-state index in [0.29, 0.717) is 6.54 Å². The third kappa shape index (κ3) is 3.22. The second kappa shape index (κ2) is 7.03. The number of rotatable bonds is 4. The lowest BCUT2D eigenvalue weighted by atomic mass is 10.0. The van der Waals surface area contributed by atoms with E-state index in [2.05, 4.69) is 39.5 Å². The number of benzene rings is 2. The first-order valence-corrected chi connectivity index (χ1v) is 9.60. The molecule has 6 nitrogen and oxygen atoms in total. The van der Waals surface area contributed by atoms with E-state index in [-0.39, 0.29) is 6.79 Å². The van der Waals surface area contributed by atoms with Crippen LogP contribution in [0.3, 0.4) is 0 Å². The number of hydrogen-bond donors (Lipinski definition) is 1. The highest BCUT2D eigenvalue weighted by Gasteiger charge is 2.20. The zero-order valence-electron chi connectivity index (χ0n) is 15.8. The Labute approximate surface area is 164 Å². The van der Waals surface area contributed by atoms with Crippen molar-refractivity contribution in [2.24, 2.45) is 0 Å². The maximum Gasteiger partial charge on any atom is 0.231 e. The van der Waals surface area contributed by atoms with Crippen LogP contribution in [0.1, 0.15) is 23.4 Å². The largest absolute Gasteiger partial charge is 0.454 e. The number of para-hydroxylation sites is 1. The fraction of sp³-hybridized carbons (Fsp3) is 0.273. The van der Waals surface area contributed by atoms with Crippen LogP contribution in [0.4, 0.5) is 17.3 Å². The zero-order valence-corrected chi connectivity index (χ0v) is 15.8. The third-order valence-corrected chi connectivity index (χ3v) is 5.12. The van der Waals surface area contributed by atoms with E-state index >= 15 is 0 Å². The summed E-state index contributed by atoms with van der Waals surface area (Å²) in [6, 6.07) is 16.6. The quantitative estimate of drug-likeness (QED) is 0.738. The second-order valence-electron chi connectivity index (χ2n) is 7.08. The fourth-order valence-corrected chi connectivity index (χ4v) is 3.80. The van der Waals surface area contributed by atoms with E-state index in [1.165, 1.54) is 11.3 Å². The lowest BCUT2D eigenvalue weighted by molar-refractivity contribution is 0.174. The SMILES string of the molecule is Cc1nc(NCc2ccc3c(c2)OCO3)cc(N2CCCc3ccccc32)n1. The van der Waals surface area contributed by atoms with E-state index < -0.39 is 0 Å². The highest BCUT2D eigenvalue weighted by atomic mass is 16.7. The van der Waals surface area contributed by atoms with Crippen molar-refractivity contribution in [1.82, 2.24) is 9.97 Å². The molecule has 0 saturated heterocycles. The first-order valence-electron chi connectivity index (χ1n) is 9.60. The van der Waals surface area contributed by atoms with E-state index in [1.807, 2.05) is 31.2 Å². The average molecular weight is 374 g/mol. The summed E-state index contributed by atoms with van der Waals surface area (Å²) in [5.74, 6) is 4.11. The Hall–Kier alpha value is -3.28. The van der Waals surface area contributed by atoms with Crippen molar-refractivity contribution in [3.63, 3.8) is 0 Å². The van der Waals surface area contributed by atoms with Crippen LogP contribution in [0.5, 0.6) is 11.5 Å². The molecule has 3 aromatic rings. The summed E-state index contributed by atoms with van der Waals surface area (Å²) in [5.41, 5.74) is 3.74. The fourth-order valence-electron chi connectivity index (χ4n) is 3.80. The van der Waals surface area contributed by atoms with E-state index in [0.717, 1.165) is 53.9 Å². The van der Waals surface area contributed by atoms with Gasteiger partial charge in [-0.15, -0.1) is 0 Å². The van der Waals surface area contributed by atoms with Crippen molar-refractivity contribution >= 4 is 17.3 Å². The van der Waals surface area contributed by atoms with Crippen molar-refractivity contribution in [2.45, 2.75) is 26.3 Å². The van der Waals surface area contributed by atoms with Gasteiger partial charge in [-0.05, 0) is 49.1 Å². The summed E-state index contributed by atoms with van der Waals surface area (Å²) in [5, 5.41) is 3.42. The number of hydrogen-bond acceptors (Lipinski definition) is 6. The Balaban J connectivity index is 1.38. The first-order chi connectivity index (χ1) is 13.8. The first kappa shape index (κ1) is 16.9. The van der Waals surface area contributed by atoms with Gasteiger partial charge in [-0.2, -0.15) is 0 Å². The molecule has 3 heterocycles. The van der Waals surface area contributed by atoms with E-state index in [1.54, 1.807) is 0 Å². The highest BCUT2D eigenvalue weighted by Crippen LogP contribution is 2.34. The minimum Gasteiger partial charge on any atom is -0.454 e. The molecule has 5 rings (SSSR count). The molecule has 0 aliphatic carbocycles. The molecule has 2 aliphatic rings. The standard InChI is InChI=1S/C22H22N4O2/c1-15-24-21(23-13-16-8-9-19-20(11-16)28-14-27-19)12-22(25-15)26-10-4-6-17-5-2-3-7-18(17)26/h2-3,5,7-9,11-12H,4,6,10,13-14H2,1H3,(H,23,24,25). The van der Waals surface area contributed by atoms with Crippen molar-refractivity contribution < 1.29 is 9.47 Å². The molecule has 0 amide bonds. The van der Waals surface area contributed by atoms with E-state index in [4.69, 9.17) is 14.5 Å². The van der Waals surface area contributed by atoms with Gasteiger partial charge in [0.25, 0.3) is 0 Å². The predicted octanol–water partition coefficient (Wildman–Crippen LogP) is 4.21. The number of aryl methyl sites for hydroxylation is 2. The lowest BCUT2D eigenvalue weighted by Gasteiger charge is -2.30. The van der Waals surface area contributed by atoms with Crippen LogP contribution < -0.4 is 19.7 Å². The van der Waals surface area contributed by atoms with Crippen LogP contribution in [-0.2, 0) is 13.0 Å². The van der Waals surface area contributed by atoms with Crippen molar-refractivity contribution in [3.05, 3.63) is 65.5 Å². The van der Waals surface area contributed by atoms with Gasteiger partial charge in [0.2, 0.25) is 6.79 Å². The van der Waals surface area contributed by atoms with Crippen LogP contribution in [0, 0.1) is 6.92 Å². The molecule has 28 heavy (non-hydrogen) atoms. The summed E-state index contributed by atoms with van der Waals surface area (Å²) in [6.45, 7) is 3.85. The molecule has 6 heteroatoms. The molecule has 142 valence electrons. The van der Waals surface area contributed by atoms with Gasteiger partial charge in [0, 0.05) is 24.8 Å². The zero-order chi connectivity index (χ0) is 18.9. The molecule has 2 aliphatic heterocycles. The number of nitrogens with one attached hydrogen (secondary N) is 1. The van der Waals surface area contributed by atoms with Crippen LogP contribution in [-0.4, -0.2) is 23.3 Å². The van der Waals surface area contributed by atoms with Gasteiger partial charge in [-0.1, -0.05) is 24.3 Å². The molecule has 0 bridgehead atoms. The van der Waals surface area contributed by atoms with Crippen molar-refractivity contribution in [3.8, 4) is 11.5 Å². The highest BCUT2D eigenvalue weighted by molar-refractivity contribution is 5.67. The Morgan fingerprint density at radius 3 is 2.89 bits per heavy atom. The maximum absolute atomic E-state index is 5.46. The number of ether oxygens (including phenoxy) is 2. The van der Waals surface area contributed by atoms with Crippen molar-refractivity contribution in [1.29, 1.82) is 0 Å². The molecule has 0 spiro atoms. The average Bonchev–Trinajstić information content (AvgIpc) is 3.19. The summed E-state index contributed by atoms with van der Waals surface area (Å²) in [4.78, 5) is 11.6. The van der Waals surface area contributed by atoms with Crippen molar-refractivity contribution in [2.75, 3.05) is 23.6 Å². The molecular weight excluding hydrogens is 352 g/mol. The molecule has 0 unspecified atom stereocenters. The van der Waals surface area contributed by atoms with Crippen LogP contribution in [0.15, 0.2) is 48.5 Å². The van der Waals surface area contributed by atoms with Gasteiger partial charge >= 0.3 is 0 Å². The molecular formula is C22H22N4O2. The monoisotopic (exact) mass is 374 g/mol. The third-order valence-electron chi connectivity index (χ3n) is 5.12. The van der Waals surface area contributed by atoms with Gasteiger partial charge in [-0.25, -0.2) is 9.97 Å². The summed E-state index contributed by atoms with van der Waals surface area (Å²) < 4.78 is 10.8. The molecule has 1 aromatic heterocycles. The molecule has 0 atom stereocenters. The summed E-state index contributed by atoms with van der Waals surface area (Å²) >= 11 is 0. The normalized spacial score (nSPS) is 14.7. The van der Waals surface area contributed by atoms with Crippen LogP contribution in [0.2, 0.25) is 0 Å². The van der Waals surface area contributed by atoms with Gasteiger partial charge in [0.15, 0.2) is 11.5 Å². The number of aromatic nitrogens is 2. The minimum atomic E-state index is 0.290. The molecule has 1 N–H and O–H groups in total. The van der Waals surface area contributed by atoms with Gasteiger partial charge in [-0.3, -0.25) is 0 Å². The molecule has 0 saturated carbocycles. The van der Waals surface area contributed by atoms with E-state index in [9.17, 15) is 0 Å². The smallest absolute Gasteiger partial charge is 0.231 e. The van der Waals surface area contributed by atoms with Gasteiger partial charge in [0.1, 0.15) is 17.5 Å². The van der Waals surface area contributed by atoms with Crippen LogP contribution in [0.25, 0.3) is 0 Å². The topological polar surface area (TPSA) is 59.5 Å². The minimum absolute atomic E-state index is 0.290. The lowest BCUT2D eigenvalue weighted by Crippen LogP contribution is -2.25. The predicted molar refractivity (Wildman–Crippen MR) is 108 cm³/mol. The second-order valence-corrected chi connectivity index (χ2v) is 7.08. The number of fused-ring (bicyclic) bond motifs is 2. The summed E-state index contributed by atoms with van der Waals surface area (Å²) in [6.07, 6.45) is 2.24. The van der Waals surface area contributed by atoms with Gasteiger partial charge < -0.3 is 19.7 Å². The van der Waals surface area contributed by atoms with Crippen LogP contribution >= 0.6 is 0 Å². The number of nitrogens with zero attached hydrogens (tertiary/aromatic N) is 3. The Kier molecular flexibility index (Phi) is 4.24. The maximum atomic E-state index is 5.46. The number of anilines is 3. The molecule has 0 fully saturated rings. The Morgan fingerprint density at radius 2 is 1.93 bits per heavy atom. The Bertz CT molecular complexity index is 1020. The molecule has 2 aromatic carbocycles. The summed E-state index contributed by atoms with van der Waals surface area (Å²) in [7, 11) is 0.